The Morgan fingerprint density at radius 1 is 1.12 bits per heavy atom. The van der Waals surface area contributed by atoms with Crippen molar-refractivity contribution in [3.8, 4) is 11.8 Å². The molecule has 1 aromatic heterocycles. The number of piperazine rings is 1. The third kappa shape index (κ3) is 4.62. The van der Waals surface area contributed by atoms with E-state index in [2.05, 4.69) is 26.5 Å². The zero-order valence-corrected chi connectivity index (χ0v) is 19.0. The number of sulfonamides is 1. The smallest absolute Gasteiger partial charge is 0.322 e. The van der Waals surface area contributed by atoms with E-state index in [1.807, 2.05) is 36.6 Å². The molecule has 4 rings (SSSR count). The summed E-state index contributed by atoms with van der Waals surface area (Å²) in [7, 11) is -3.86. The molecular weight excluding hydrogens is 428 g/mol. The van der Waals surface area contributed by atoms with Crippen molar-refractivity contribution in [2.24, 2.45) is 5.14 Å². The van der Waals surface area contributed by atoms with Crippen molar-refractivity contribution in [3.05, 3.63) is 59.9 Å². The number of aromatic nitrogens is 3. The molecule has 0 unspecified atom stereocenters. The van der Waals surface area contributed by atoms with E-state index in [1.54, 1.807) is 18.2 Å². The molecule has 0 radical (unpaired) electrons. The molecule has 1 saturated heterocycles. The van der Waals surface area contributed by atoms with Gasteiger partial charge in [-0.3, -0.25) is 4.57 Å². The number of ether oxygens (including phenoxy) is 1. The van der Waals surface area contributed by atoms with E-state index in [4.69, 9.17) is 9.88 Å². The topological polar surface area (TPSA) is 115 Å². The molecule has 1 aliphatic heterocycles. The first-order valence-corrected chi connectivity index (χ1v) is 12.2. The van der Waals surface area contributed by atoms with Crippen molar-refractivity contribution < 1.29 is 13.2 Å². The van der Waals surface area contributed by atoms with Crippen molar-refractivity contribution in [2.45, 2.75) is 31.2 Å². The molecule has 2 aromatic carbocycles. The van der Waals surface area contributed by atoms with Crippen LogP contribution >= 0.6 is 0 Å². The molecule has 3 N–H and O–H groups in total. The zero-order chi connectivity index (χ0) is 22.7. The molecule has 0 amide bonds. The zero-order valence-electron chi connectivity index (χ0n) is 18.2. The molecule has 1 aliphatic rings. The molecule has 2 heterocycles. The average Bonchev–Trinajstić information content (AvgIpc) is 3.21. The van der Waals surface area contributed by atoms with Gasteiger partial charge in [0.15, 0.2) is 0 Å². The predicted molar refractivity (Wildman–Crippen MR) is 123 cm³/mol. The molecule has 0 saturated carbocycles. The highest BCUT2D eigenvalue weighted by Gasteiger charge is 2.25. The Bertz CT molecular complexity index is 1190. The summed E-state index contributed by atoms with van der Waals surface area (Å²) in [6.45, 7) is 8.22. The van der Waals surface area contributed by atoms with E-state index < -0.39 is 10.0 Å². The van der Waals surface area contributed by atoms with Crippen LogP contribution in [-0.4, -0.2) is 49.4 Å². The van der Waals surface area contributed by atoms with Gasteiger partial charge >= 0.3 is 6.01 Å². The number of hydrogen-bond acceptors (Lipinski definition) is 7. The van der Waals surface area contributed by atoms with Crippen LogP contribution in [0.1, 0.15) is 31.2 Å². The second kappa shape index (κ2) is 9.27. The number of benzene rings is 2. The highest BCUT2D eigenvalue weighted by Crippen LogP contribution is 2.31. The lowest BCUT2D eigenvalue weighted by molar-refractivity contribution is 0.410. The van der Waals surface area contributed by atoms with Gasteiger partial charge in [0, 0.05) is 50.4 Å². The number of nitrogens with two attached hydrogens (primary N) is 1. The van der Waals surface area contributed by atoms with Crippen molar-refractivity contribution in [3.63, 3.8) is 0 Å². The van der Waals surface area contributed by atoms with Gasteiger partial charge < -0.3 is 15.0 Å². The fourth-order valence-electron chi connectivity index (χ4n) is 4.00. The SMILES string of the molecule is CCn1c(Oc2cccc(N3CCNCC3)c2)nnc1[C@H](C)c1ccccc1S(N)(=O)=O. The first-order chi connectivity index (χ1) is 15.4. The van der Waals surface area contributed by atoms with Crippen LogP contribution in [0.3, 0.4) is 0 Å². The van der Waals surface area contributed by atoms with Crippen LogP contribution < -0.4 is 20.1 Å². The average molecular weight is 457 g/mol. The molecule has 1 fully saturated rings. The number of nitrogens with one attached hydrogen (secondary N) is 1. The third-order valence-corrected chi connectivity index (χ3v) is 6.63. The van der Waals surface area contributed by atoms with Crippen LogP contribution in [0.25, 0.3) is 0 Å². The largest absolute Gasteiger partial charge is 0.424 e. The molecule has 0 aliphatic carbocycles. The number of nitrogens with zero attached hydrogens (tertiary/aromatic N) is 4. The van der Waals surface area contributed by atoms with Crippen LogP contribution in [0.2, 0.25) is 0 Å². The maximum atomic E-state index is 12.1. The maximum Gasteiger partial charge on any atom is 0.322 e. The molecule has 1 atom stereocenters. The first-order valence-electron chi connectivity index (χ1n) is 10.7. The second-order valence-electron chi connectivity index (χ2n) is 7.73. The van der Waals surface area contributed by atoms with Crippen molar-refractivity contribution in [1.82, 2.24) is 20.1 Å². The highest BCUT2D eigenvalue weighted by molar-refractivity contribution is 7.89. The monoisotopic (exact) mass is 456 g/mol. The minimum atomic E-state index is -3.86. The van der Waals surface area contributed by atoms with Gasteiger partial charge in [0.05, 0.1) is 4.90 Å². The Morgan fingerprint density at radius 2 is 1.88 bits per heavy atom. The summed E-state index contributed by atoms with van der Waals surface area (Å²) in [6.07, 6.45) is 0. The van der Waals surface area contributed by atoms with Crippen LogP contribution in [0.5, 0.6) is 11.8 Å². The Labute approximate surface area is 188 Å². The molecule has 32 heavy (non-hydrogen) atoms. The van der Waals surface area contributed by atoms with E-state index in [0.717, 1.165) is 31.9 Å². The maximum absolute atomic E-state index is 12.1. The van der Waals surface area contributed by atoms with Crippen molar-refractivity contribution in [1.29, 1.82) is 0 Å². The molecule has 0 spiro atoms. The number of rotatable bonds is 7. The molecule has 9 nitrogen and oxygen atoms in total. The molecule has 0 bridgehead atoms. The fraction of sp³-hybridized carbons (Fsp3) is 0.364. The Balaban J connectivity index is 1.62. The van der Waals surface area contributed by atoms with Gasteiger partial charge in [-0.1, -0.05) is 36.3 Å². The summed E-state index contributed by atoms with van der Waals surface area (Å²) in [5.41, 5.74) is 1.67. The lowest BCUT2D eigenvalue weighted by Crippen LogP contribution is -2.43. The second-order valence-corrected chi connectivity index (χ2v) is 9.26. The van der Waals surface area contributed by atoms with Crippen LogP contribution in [0, 0.1) is 0 Å². The Hall–Kier alpha value is -2.95. The van der Waals surface area contributed by atoms with Crippen molar-refractivity contribution >= 4 is 15.7 Å². The van der Waals surface area contributed by atoms with Gasteiger partial charge in [0.2, 0.25) is 10.0 Å². The van der Waals surface area contributed by atoms with Gasteiger partial charge in [-0.15, -0.1) is 5.10 Å². The highest BCUT2D eigenvalue weighted by atomic mass is 32.2. The summed E-state index contributed by atoms with van der Waals surface area (Å²) in [5.74, 6) is 0.936. The molecular formula is C22H28N6O3S. The Morgan fingerprint density at radius 3 is 2.59 bits per heavy atom. The molecule has 10 heteroatoms. The standard InChI is InChI=1S/C22H28N6O3S/c1-3-28-21(16(2)19-9-4-5-10-20(19)32(23,29)30)25-26-22(28)31-18-8-6-7-17(15-18)27-13-11-24-12-14-27/h4-10,15-16,24H,3,11-14H2,1-2H3,(H2,23,29,30)/t16-/m1/s1. The van der Waals surface area contributed by atoms with Crippen molar-refractivity contribution in [2.75, 3.05) is 31.1 Å². The summed E-state index contributed by atoms with van der Waals surface area (Å²) in [4.78, 5) is 2.40. The van der Waals surface area contributed by atoms with Crippen LogP contribution in [-0.2, 0) is 16.6 Å². The van der Waals surface area contributed by atoms with Gasteiger partial charge in [0.25, 0.3) is 0 Å². The summed E-state index contributed by atoms with van der Waals surface area (Å²) >= 11 is 0. The first kappa shape index (κ1) is 22.3. The van der Waals surface area contributed by atoms with Gasteiger partial charge in [-0.25, -0.2) is 13.6 Å². The van der Waals surface area contributed by atoms with E-state index in [1.165, 1.54) is 6.07 Å². The molecule has 3 aromatic rings. The fourth-order valence-corrected chi connectivity index (χ4v) is 4.84. The van der Waals surface area contributed by atoms with Crippen LogP contribution in [0.4, 0.5) is 5.69 Å². The lowest BCUT2D eigenvalue weighted by atomic mass is 10.0. The Kier molecular flexibility index (Phi) is 6.45. The summed E-state index contributed by atoms with van der Waals surface area (Å²) < 4.78 is 32.1. The quantitative estimate of drug-likeness (QED) is 0.560. The minimum absolute atomic E-state index is 0.0874. The van der Waals surface area contributed by atoms with E-state index in [-0.39, 0.29) is 10.8 Å². The lowest BCUT2D eigenvalue weighted by Gasteiger charge is -2.29. The van der Waals surface area contributed by atoms with E-state index >= 15 is 0 Å². The number of primary sulfonamides is 1. The molecule has 170 valence electrons. The third-order valence-electron chi connectivity index (χ3n) is 5.65. The van der Waals surface area contributed by atoms with Gasteiger partial charge in [-0.05, 0) is 30.7 Å². The van der Waals surface area contributed by atoms with Gasteiger partial charge in [0.1, 0.15) is 11.6 Å². The van der Waals surface area contributed by atoms with E-state index in [9.17, 15) is 8.42 Å². The van der Waals surface area contributed by atoms with Crippen LogP contribution in [0.15, 0.2) is 53.4 Å². The summed E-state index contributed by atoms with van der Waals surface area (Å²) in [5, 5.41) is 17.4. The van der Waals surface area contributed by atoms with Gasteiger partial charge in [-0.2, -0.15) is 0 Å². The van der Waals surface area contributed by atoms with E-state index in [0.29, 0.717) is 29.7 Å². The predicted octanol–water partition coefficient (Wildman–Crippen LogP) is 2.30. The number of hydrogen-bond donors (Lipinski definition) is 2. The number of anilines is 1. The normalized spacial score (nSPS) is 15.5. The minimum Gasteiger partial charge on any atom is -0.424 e. The summed E-state index contributed by atoms with van der Waals surface area (Å²) in [6, 6.07) is 15.0.